The number of carbonyl (C=O) groups excluding carboxylic acids is 1. The summed E-state index contributed by atoms with van der Waals surface area (Å²) in [6.07, 6.45) is 0.984. The molecule has 1 aromatic heterocycles. The molecule has 3 aromatic rings. The van der Waals surface area contributed by atoms with Crippen LogP contribution in [-0.4, -0.2) is 39.9 Å². The lowest BCUT2D eigenvalue weighted by molar-refractivity contribution is 0.0742. The molecule has 8 heteroatoms. The zero-order valence-electron chi connectivity index (χ0n) is 16.2. The first-order valence-electron chi connectivity index (χ1n) is 9.32. The number of para-hydroxylation sites is 2. The second-order valence-corrected chi connectivity index (χ2v) is 8.11. The molecular formula is C21H26Cl2N4OS. The number of thioether (sulfide) groups is 1. The van der Waals surface area contributed by atoms with Crippen LogP contribution in [0.15, 0.2) is 53.7 Å². The van der Waals surface area contributed by atoms with Crippen LogP contribution in [0.2, 0.25) is 0 Å². The maximum atomic E-state index is 13.1. The van der Waals surface area contributed by atoms with Crippen LogP contribution in [0.1, 0.15) is 29.3 Å². The number of hydrogen-bond acceptors (Lipinski definition) is 4. The van der Waals surface area contributed by atoms with E-state index in [1.165, 1.54) is 0 Å². The number of aromatic nitrogens is 2. The Hall–Kier alpha value is -1.73. The minimum atomic E-state index is 0. The number of carbonyl (C=O) groups is 1. The molecule has 0 saturated carbocycles. The van der Waals surface area contributed by atoms with E-state index in [1.807, 2.05) is 53.4 Å². The van der Waals surface area contributed by atoms with Gasteiger partial charge < -0.3 is 15.6 Å². The van der Waals surface area contributed by atoms with Crippen LogP contribution in [-0.2, 0) is 5.75 Å². The molecule has 2 aromatic carbocycles. The Kier molecular flexibility index (Phi) is 8.40. The summed E-state index contributed by atoms with van der Waals surface area (Å²) in [6.45, 7) is 3.50. The molecule has 29 heavy (non-hydrogen) atoms. The van der Waals surface area contributed by atoms with Crippen molar-refractivity contribution in [1.82, 2.24) is 14.9 Å². The van der Waals surface area contributed by atoms with Gasteiger partial charge in [0.1, 0.15) is 0 Å². The molecule has 2 heterocycles. The van der Waals surface area contributed by atoms with Crippen LogP contribution in [0, 0.1) is 5.92 Å². The van der Waals surface area contributed by atoms with E-state index in [0.717, 1.165) is 40.3 Å². The molecule has 4 rings (SSSR count). The Morgan fingerprint density at radius 3 is 2.66 bits per heavy atom. The lowest BCUT2D eigenvalue weighted by Crippen LogP contribution is -2.35. The number of nitrogens with one attached hydrogen (secondary N) is 1. The van der Waals surface area contributed by atoms with E-state index in [1.54, 1.807) is 11.8 Å². The van der Waals surface area contributed by atoms with Crippen LogP contribution in [0.3, 0.4) is 0 Å². The van der Waals surface area contributed by atoms with Crippen LogP contribution >= 0.6 is 36.6 Å². The normalized spacial score (nSPS) is 18.3. The molecule has 1 aliphatic rings. The predicted octanol–water partition coefficient (Wildman–Crippen LogP) is 4.51. The number of rotatable bonds is 5. The zero-order valence-corrected chi connectivity index (χ0v) is 18.7. The van der Waals surface area contributed by atoms with Crippen LogP contribution in [0.25, 0.3) is 11.0 Å². The summed E-state index contributed by atoms with van der Waals surface area (Å²) < 4.78 is 0. The van der Waals surface area contributed by atoms with Crippen molar-refractivity contribution in [3.8, 4) is 0 Å². The average molecular weight is 453 g/mol. The van der Waals surface area contributed by atoms with Gasteiger partial charge in [-0.1, -0.05) is 42.1 Å². The Labute approximate surface area is 187 Å². The molecule has 1 aliphatic heterocycles. The fraction of sp³-hybridized carbons (Fsp3) is 0.333. The molecule has 0 spiro atoms. The second kappa shape index (κ2) is 10.3. The highest BCUT2D eigenvalue weighted by atomic mass is 35.5. The van der Waals surface area contributed by atoms with E-state index in [-0.39, 0.29) is 36.8 Å². The SMILES string of the molecule is CC1CC(CN)CN1C(=O)c1ccccc1CSc1nc2ccccc2[nH]1.Cl.Cl. The van der Waals surface area contributed by atoms with Gasteiger partial charge in [-0.25, -0.2) is 4.98 Å². The van der Waals surface area contributed by atoms with Gasteiger partial charge in [-0.15, -0.1) is 24.8 Å². The number of amides is 1. The molecule has 156 valence electrons. The molecule has 1 saturated heterocycles. The summed E-state index contributed by atoms with van der Waals surface area (Å²) in [6, 6.07) is 16.1. The van der Waals surface area contributed by atoms with Crippen molar-refractivity contribution in [3.63, 3.8) is 0 Å². The van der Waals surface area contributed by atoms with Crippen molar-refractivity contribution >= 4 is 53.5 Å². The quantitative estimate of drug-likeness (QED) is 0.558. The van der Waals surface area contributed by atoms with Gasteiger partial charge in [0.15, 0.2) is 5.16 Å². The van der Waals surface area contributed by atoms with Crippen LogP contribution < -0.4 is 5.73 Å². The Morgan fingerprint density at radius 1 is 1.21 bits per heavy atom. The van der Waals surface area contributed by atoms with Gasteiger partial charge in [-0.2, -0.15) is 0 Å². The summed E-state index contributed by atoms with van der Waals surface area (Å²) in [7, 11) is 0. The summed E-state index contributed by atoms with van der Waals surface area (Å²) in [5, 5.41) is 0.871. The van der Waals surface area contributed by atoms with Crippen molar-refractivity contribution in [2.75, 3.05) is 13.1 Å². The third kappa shape index (κ3) is 5.07. The van der Waals surface area contributed by atoms with Crippen molar-refractivity contribution in [1.29, 1.82) is 0 Å². The van der Waals surface area contributed by atoms with Gasteiger partial charge >= 0.3 is 0 Å². The summed E-state index contributed by atoms with van der Waals surface area (Å²) in [5.74, 6) is 1.21. The molecule has 2 unspecified atom stereocenters. The number of likely N-dealkylation sites (tertiary alicyclic amines) is 1. The highest BCUT2D eigenvalue weighted by molar-refractivity contribution is 7.98. The van der Waals surface area contributed by atoms with E-state index in [0.29, 0.717) is 18.2 Å². The summed E-state index contributed by atoms with van der Waals surface area (Å²) in [5.41, 5.74) is 9.63. The molecule has 1 fully saturated rings. The van der Waals surface area contributed by atoms with E-state index in [9.17, 15) is 4.79 Å². The minimum Gasteiger partial charge on any atom is -0.336 e. The van der Waals surface area contributed by atoms with Crippen molar-refractivity contribution in [3.05, 3.63) is 59.7 Å². The number of imidazole rings is 1. The van der Waals surface area contributed by atoms with Gasteiger partial charge in [0.25, 0.3) is 5.91 Å². The third-order valence-corrected chi connectivity index (χ3v) is 6.16. The van der Waals surface area contributed by atoms with Crippen molar-refractivity contribution in [2.45, 2.75) is 30.3 Å². The standard InChI is InChI=1S/C21H24N4OS.2ClH/c1-14-10-15(11-22)12-25(14)20(26)17-7-3-2-6-16(17)13-27-21-23-18-8-4-5-9-19(18)24-21;;/h2-9,14-15H,10-13,22H2,1H3,(H,23,24);2*1H. The van der Waals surface area contributed by atoms with E-state index < -0.39 is 0 Å². The first kappa shape index (κ1) is 23.5. The molecule has 1 amide bonds. The van der Waals surface area contributed by atoms with Gasteiger partial charge in [-0.05, 0) is 49.6 Å². The van der Waals surface area contributed by atoms with E-state index in [2.05, 4.69) is 16.9 Å². The Morgan fingerprint density at radius 2 is 1.93 bits per heavy atom. The lowest BCUT2D eigenvalue weighted by atomic mass is 10.1. The van der Waals surface area contributed by atoms with Gasteiger partial charge in [0.05, 0.1) is 11.0 Å². The fourth-order valence-electron chi connectivity index (χ4n) is 3.75. The maximum absolute atomic E-state index is 13.1. The van der Waals surface area contributed by atoms with Gasteiger partial charge in [0.2, 0.25) is 0 Å². The molecule has 3 N–H and O–H groups in total. The molecule has 0 aliphatic carbocycles. The maximum Gasteiger partial charge on any atom is 0.254 e. The first-order valence-corrected chi connectivity index (χ1v) is 10.3. The third-order valence-electron chi connectivity index (χ3n) is 5.24. The largest absolute Gasteiger partial charge is 0.336 e. The Balaban J connectivity index is 0.00000150. The lowest BCUT2D eigenvalue weighted by Gasteiger charge is -2.23. The van der Waals surface area contributed by atoms with E-state index >= 15 is 0 Å². The summed E-state index contributed by atoms with van der Waals surface area (Å²) >= 11 is 1.62. The monoisotopic (exact) mass is 452 g/mol. The smallest absolute Gasteiger partial charge is 0.254 e. The second-order valence-electron chi connectivity index (χ2n) is 7.15. The van der Waals surface area contributed by atoms with Gasteiger partial charge in [0, 0.05) is 23.9 Å². The number of halogens is 2. The first-order chi connectivity index (χ1) is 13.2. The number of fused-ring (bicyclic) bond motifs is 1. The Bertz CT molecular complexity index is 932. The van der Waals surface area contributed by atoms with Crippen molar-refractivity contribution in [2.24, 2.45) is 11.7 Å². The molecule has 2 atom stereocenters. The predicted molar refractivity (Wildman–Crippen MR) is 124 cm³/mol. The number of H-pyrrole nitrogens is 1. The van der Waals surface area contributed by atoms with Crippen molar-refractivity contribution < 1.29 is 4.79 Å². The number of hydrogen-bond donors (Lipinski definition) is 2. The number of nitrogens with two attached hydrogens (primary N) is 1. The molecule has 5 nitrogen and oxygen atoms in total. The zero-order chi connectivity index (χ0) is 18.8. The van der Waals surface area contributed by atoms with Crippen LogP contribution in [0.5, 0.6) is 0 Å². The van der Waals surface area contributed by atoms with E-state index in [4.69, 9.17) is 5.73 Å². The summed E-state index contributed by atoms with van der Waals surface area (Å²) in [4.78, 5) is 23.1. The average Bonchev–Trinajstić information content (AvgIpc) is 3.28. The number of aromatic amines is 1. The molecular weight excluding hydrogens is 427 g/mol. The van der Waals surface area contributed by atoms with Crippen LogP contribution in [0.4, 0.5) is 0 Å². The highest BCUT2D eigenvalue weighted by Crippen LogP contribution is 2.28. The number of benzene rings is 2. The molecule has 0 bridgehead atoms. The highest BCUT2D eigenvalue weighted by Gasteiger charge is 2.32. The minimum absolute atomic E-state index is 0. The number of nitrogens with zero attached hydrogens (tertiary/aromatic N) is 2. The fourth-order valence-corrected chi connectivity index (χ4v) is 4.64. The topological polar surface area (TPSA) is 75.0 Å². The van der Waals surface area contributed by atoms with Gasteiger partial charge in [-0.3, -0.25) is 4.79 Å². The molecule has 0 radical (unpaired) electrons.